The highest BCUT2D eigenvalue weighted by Gasteiger charge is 2.25. The summed E-state index contributed by atoms with van der Waals surface area (Å²) in [6, 6.07) is 5.53. The Balaban J connectivity index is 2.07. The smallest absolute Gasteiger partial charge is 0.337 e. The van der Waals surface area contributed by atoms with E-state index in [2.05, 4.69) is 19.2 Å². The van der Waals surface area contributed by atoms with E-state index >= 15 is 0 Å². The Morgan fingerprint density at radius 1 is 1.37 bits per heavy atom. The first-order valence-electron chi connectivity index (χ1n) is 6.86. The first kappa shape index (κ1) is 13.7. The van der Waals surface area contributed by atoms with Gasteiger partial charge in [0, 0.05) is 17.4 Å². The molecule has 0 aromatic heterocycles. The van der Waals surface area contributed by atoms with Crippen LogP contribution in [0.15, 0.2) is 18.2 Å². The van der Waals surface area contributed by atoms with Gasteiger partial charge in [-0.3, -0.25) is 0 Å². The third-order valence-electron chi connectivity index (χ3n) is 4.07. The highest BCUT2D eigenvalue weighted by Crippen LogP contribution is 2.31. The SMILES string of the molecule is CC1CCC(Nc2ccc(C(=O)O)c(N)c2)C(C)C1. The Morgan fingerprint density at radius 2 is 2.11 bits per heavy atom. The van der Waals surface area contributed by atoms with Crippen molar-refractivity contribution in [1.29, 1.82) is 0 Å². The monoisotopic (exact) mass is 262 g/mol. The van der Waals surface area contributed by atoms with Crippen LogP contribution in [0.25, 0.3) is 0 Å². The van der Waals surface area contributed by atoms with Crippen LogP contribution in [0.4, 0.5) is 11.4 Å². The van der Waals surface area contributed by atoms with Crippen molar-refractivity contribution in [1.82, 2.24) is 0 Å². The van der Waals surface area contributed by atoms with Crippen molar-refractivity contribution in [2.75, 3.05) is 11.1 Å². The third kappa shape index (κ3) is 3.19. The number of carboxylic acids is 1. The number of rotatable bonds is 3. The van der Waals surface area contributed by atoms with Gasteiger partial charge < -0.3 is 16.2 Å². The highest BCUT2D eigenvalue weighted by molar-refractivity contribution is 5.94. The molecule has 1 aromatic rings. The molecule has 3 unspecified atom stereocenters. The van der Waals surface area contributed by atoms with E-state index in [9.17, 15) is 4.79 Å². The molecule has 0 aliphatic heterocycles. The number of hydrogen-bond donors (Lipinski definition) is 3. The summed E-state index contributed by atoms with van der Waals surface area (Å²) in [6.07, 6.45) is 3.63. The van der Waals surface area contributed by atoms with Crippen LogP contribution in [0.5, 0.6) is 0 Å². The summed E-state index contributed by atoms with van der Waals surface area (Å²) in [6.45, 7) is 4.56. The van der Waals surface area contributed by atoms with Gasteiger partial charge >= 0.3 is 5.97 Å². The molecule has 2 rings (SSSR count). The maximum atomic E-state index is 10.9. The Hall–Kier alpha value is -1.71. The van der Waals surface area contributed by atoms with Crippen LogP contribution >= 0.6 is 0 Å². The standard InChI is InChI=1S/C15H22N2O2/c1-9-3-6-14(10(2)7-9)17-11-4-5-12(15(18)19)13(16)8-11/h4-5,8-10,14,17H,3,6-7,16H2,1-2H3,(H,18,19). The Bertz CT molecular complexity index is 473. The van der Waals surface area contributed by atoms with Crippen LogP contribution in [0, 0.1) is 11.8 Å². The largest absolute Gasteiger partial charge is 0.478 e. The summed E-state index contributed by atoms with van der Waals surface area (Å²) in [5.41, 5.74) is 7.15. The number of nitrogen functional groups attached to an aromatic ring is 1. The molecule has 19 heavy (non-hydrogen) atoms. The number of benzene rings is 1. The summed E-state index contributed by atoms with van der Waals surface area (Å²) < 4.78 is 0. The number of nitrogens with two attached hydrogens (primary N) is 1. The van der Waals surface area contributed by atoms with Gasteiger partial charge in [-0.25, -0.2) is 4.79 Å². The molecule has 1 aliphatic rings. The average molecular weight is 262 g/mol. The van der Waals surface area contributed by atoms with Gasteiger partial charge in [0.2, 0.25) is 0 Å². The van der Waals surface area contributed by atoms with Gasteiger partial charge in [-0.2, -0.15) is 0 Å². The van der Waals surface area contributed by atoms with Crippen LogP contribution in [0.3, 0.4) is 0 Å². The van der Waals surface area contributed by atoms with Crippen LogP contribution in [-0.4, -0.2) is 17.1 Å². The molecule has 0 saturated heterocycles. The van der Waals surface area contributed by atoms with Crippen molar-refractivity contribution in [3.05, 3.63) is 23.8 Å². The van der Waals surface area contributed by atoms with Gasteiger partial charge in [0.15, 0.2) is 0 Å². The second kappa shape index (κ2) is 5.51. The highest BCUT2D eigenvalue weighted by atomic mass is 16.4. The molecule has 3 atom stereocenters. The molecule has 0 bridgehead atoms. The maximum Gasteiger partial charge on any atom is 0.337 e. The Kier molecular flexibility index (Phi) is 3.98. The minimum Gasteiger partial charge on any atom is -0.478 e. The van der Waals surface area contributed by atoms with Gasteiger partial charge in [-0.15, -0.1) is 0 Å². The summed E-state index contributed by atoms with van der Waals surface area (Å²) in [7, 11) is 0. The molecular formula is C15H22N2O2. The second-order valence-corrected chi connectivity index (χ2v) is 5.75. The molecule has 1 aliphatic carbocycles. The van der Waals surface area contributed by atoms with Crippen LogP contribution in [-0.2, 0) is 0 Å². The number of anilines is 2. The van der Waals surface area contributed by atoms with Crippen LogP contribution in [0.2, 0.25) is 0 Å². The topological polar surface area (TPSA) is 75.3 Å². The molecule has 1 aromatic carbocycles. The molecule has 4 heteroatoms. The Labute approximate surface area is 114 Å². The molecule has 4 nitrogen and oxygen atoms in total. The van der Waals surface area contributed by atoms with Crippen LogP contribution in [0.1, 0.15) is 43.5 Å². The molecule has 4 N–H and O–H groups in total. The van der Waals surface area contributed by atoms with E-state index in [4.69, 9.17) is 10.8 Å². The van der Waals surface area contributed by atoms with E-state index < -0.39 is 5.97 Å². The lowest BCUT2D eigenvalue weighted by Crippen LogP contribution is -2.33. The Morgan fingerprint density at radius 3 is 2.68 bits per heavy atom. The fourth-order valence-electron chi connectivity index (χ4n) is 2.94. The van der Waals surface area contributed by atoms with Crippen molar-refractivity contribution in [3.8, 4) is 0 Å². The number of carboxylic acid groups (broad SMARTS) is 1. The van der Waals surface area contributed by atoms with Gasteiger partial charge in [0.1, 0.15) is 0 Å². The fourth-order valence-corrected chi connectivity index (χ4v) is 2.94. The zero-order chi connectivity index (χ0) is 14.0. The zero-order valence-corrected chi connectivity index (χ0v) is 11.5. The minimum atomic E-state index is -0.982. The summed E-state index contributed by atoms with van der Waals surface area (Å²) in [5.74, 6) is 0.445. The van der Waals surface area contributed by atoms with E-state index in [0.717, 1.165) is 18.0 Å². The van der Waals surface area contributed by atoms with E-state index in [-0.39, 0.29) is 5.56 Å². The first-order valence-corrected chi connectivity index (χ1v) is 6.86. The van der Waals surface area contributed by atoms with Gasteiger partial charge in [-0.1, -0.05) is 13.8 Å². The summed E-state index contributed by atoms with van der Waals surface area (Å²) >= 11 is 0. The number of nitrogens with one attached hydrogen (secondary N) is 1. The molecule has 0 amide bonds. The van der Waals surface area contributed by atoms with Crippen molar-refractivity contribution in [3.63, 3.8) is 0 Å². The van der Waals surface area contributed by atoms with Gasteiger partial charge in [-0.05, 0) is 49.3 Å². The van der Waals surface area contributed by atoms with E-state index in [1.165, 1.54) is 12.8 Å². The minimum absolute atomic E-state index is 0.163. The molecule has 0 heterocycles. The van der Waals surface area contributed by atoms with E-state index in [0.29, 0.717) is 17.6 Å². The molecule has 0 spiro atoms. The second-order valence-electron chi connectivity index (χ2n) is 5.75. The number of hydrogen-bond acceptors (Lipinski definition) is 3. The molecule has 0 radical (unpaired) electrons. The lowest BCUT2D eigenvalue weighted by atomic mass is 9.80. The van der Waals surface area contributed by atoms with Crippen molar-refractivity contribution < 1.29 is 9.90 Å². The number of carbonyl (C=O) groups is 1. The normalized spacial score (nSPS) is 26.9. The third-order valence-corrected chi connectivity index (χ3v) is 4.07. The van der Waals surface area contributed by atoms with Crippen molar-refractivity contribution in [2.24, 2.45) is 11.8 Å². The molecule has 1 saturated carbocycles. The zero-order valence-electron chi connectivity index (χ0n) is 11.5. The summed E-state index contributed by atoms with van der Waals surface area (Å²) in [4.78, 5) is 10.9. The van der Waals surface area contributed by atoms with Crippen molar-refractivity contribution >= 4 is 17.3 Å². The van der Waals surface area contributed by atoms with Crippen molar-refractivity contribution in [2.45, 2.75) is 39.2 Å². The predicted molar refractivity (Wildman–Crippen MR) is 77.4 cm³/mol. The van der Waals surface area contributed by atoms with Gasteiger partial charge in [0.05, 0.1) is 5.56 Å². The van der Waals surface area contributed by atoms with E-state index in [1.54, 1.807) is 18.2 Å². The summed E-state index contributed by atoms with van der Waals surface area (Å²) in [5, 5.41) is 12.4. The predicted octanol–water partition coefficient (Wildman–Crippen LogP) is 3.20. The van der Waals surface area contributed by atoms with E-state index in [1.807, 2.05) is 0 Å². The molecular weight excluding hydrogens is 240 g/mol. The quantitative estimate of drug-likeness (QED) is 0.731. The lowest BCUT2D eigenvalue weighted by Gasteiger charge is -2.34. The van der Waals surface area contributed by atoms with Crippen LogP contribution < -0.4 is 11.1 Å². The average Bonchev–Trinajstić information content (AvgIpc) is 2.32. The molecule has 1 fully saturated rings. The lowest BCUT2D eigenvalue weighted by molar-refractivity contribution is 0.0698. The number of aromatic carboxylic acids is 1. The van der Waals surface area contributed by atoms with Gasteiger partial charge in [0.25, 0.3) is 0 Å². The first-order chi connectivity index (χ1) is 8.97. The molecule has 104 valence electrons. The fraction of sp³-hybridized carbons (Fsp3) is 0.533. The maximum absolute atomic E-state index is 10.9.